The lowest BCUT2D eigenvalue weighted by molar-refractivity contribution is 0.0695. The van der Waals surface area contributed by atoms with Crippen LogP contribution in [0.1, 0.15) is 40.6 Å². The molecule has 5 rings (SSSR count). The van der Waals surface area contributed by atoms with Gasteiger partial charge < -0.3 is 9.42 Å². The SMILES string of the molecule is Cc1cccc(-c2noc(C3CCCN(C(=O)c4ccc(-c5ccccc5)cc4)C3)n2)c1. The predicted molar refractivity (Wildman–Crippen MR) is 124 cm³/mol. The predicted octanol–water partition coefficient (Wildman–Crippen LogP) is 5.73. The molecular weight excluding hydrogens is 398 g/mol. The molecule has 0 N–H and O–H groups in total. The van der Waals surface area contributed by atoms with Crippen molar-refractivity contribution in [1.29, 1.82) is 0 Å². The summed E-state index contributed by atoms with van der Waals surface area (Å²) in [6.45, 7) is 3.38. The van der Waals surface area contributed by atoms with E-state index in [1.165, 1.54) is 0 Å². The average molecular weight is 424 g/mol. The van der Waals surface area contributed by atoms with Crippen LogP contribution in [0.4, 0.5) is 0 Å². The van der Waals surface area contributed by atoms with E-state index in [4.69, 9.17) is 4.52 Å². The molecule has 160 valence electrons. The monoisotopic (exact) mass is 423 g/mol. The first-order chi connectivity index (χ1) is 15.7. The van der Waals surface area contributed by atoms with E-state index in [-0.39, 0.29) is 11.8 Å². The molecule has 3 aromatic carbocycles. The van der Waals surface area contributed by atoms with E-state index >= 15 is 0 Å². The third kappa shape index (κ3) is 4.19. The third-order valence-corrected chi connectivity index (χ3v) is 6.01. The van der Waals surface area contributed by atoms with Gasteiger partial charge in [0.2, 0.25) is 11.7 Å². The molecule has 1 aromatic heterocycles. The van der Waals surface area contributed by atoms with Gasteiger partial charge in [0.05, 0.1) is 5.92 Å². The fraction of sp³-hybridized carbons (Fsp3) is 0.222. The molecule has 2 heterocycles. The van der Waals surface area contributed by atoms with Gasteiger partial charge in [-0.1, -0.05) is 71.4 Å². The number of aromatic nitrogens is 2. The van der Waals surface area contributed by atoms with Crippen LogP contribution < -0.4 is 0 Å². The Bertz CT molecular complexity index is 1220. The van der Waals surface area contributed by atoms with E-state index in [1.54, 1.807) is 0 Å². The maximum Gasteiger partial charge on any atom is 0.253 e. The van der Waals surface area contributed by atoms with Crippen LogP contribution in [0, 0.1) is 6.92 Å². The number of hydrogen-bond acceptors (Lipinski definition) is 4. The van der Waals surface area contributed by atoms with Crippen LogP contribution in [0.3, 0.4) is 0 Å². The third-order valence-electron chi connectivity index (χ3n) is 6.01. The van der Waals surface area contributed by atoms with Crippen molar-refractivity contribution in [2.75, 3.05) is 13.1 Å². The molecule has 1 unspecified atom stereocenters. The summed E-state index contributed by atoms with van der Waals surface area (Å²) >= 11 is 0. The molecule has 1 amide bonds. The Kier molecular flexibility index (Phi) is 5.55. The van der Waals surface area contributed by atoms with Gasteiger partial charge >= 0.3 is 0 Å². The van der Waals surface area contributed by atoms with Gasteiger partial charge in [0.15, 0.2) is 0 Å². The normalized spacial score (nSPS) is 16.2. The quantitative estimate of drug-likeness (QED) is 0.420. The van der Waals surface area contributed by atoms with Gasteiger partial charge in [-0.25, -0.2) is 0 Å². The van der Waals surface area contributed by atoms with E-state index in [1.807, 2.05) is 78.6 Å². The fourth-order valence-electron chi connectivity index (χ4n) is 4.28. The lowest BCUT2D eigenvalue weighted by atomic mass is 9.97. The average Bonchev–Trinajstić information content (AvgIpc) is 3.35. The van der Waals surface area contributed by atoms with Crippen LogP contribution in [0.2, 0.25) is 0 Å². The van der Waals surface area contributed by atoms with Crippen molar-refractivity contribution in [3.05, 3.63) is 95.9 Å². The molecule has 0 aliphatic carbocycles. The highest BCUT2D eigenvalue weighted by atomic mass is 16.5. The summed E-state index contributed by atoms with van der Waals surface area (Å²) in [6.07, 6.45) is 1.85. The first-order valence-corrected chi connectivity index (χ1v) is 11.0. The maximum absolute atomic E-state index is 13.1. The van der Waals surface area contributed by atoms with Gasteiger partial charge in [0.1, 0.15) is 0 Å². The lowest BCUT2D eigenvalue weighted by Crippen LogP contribution is -2.39. The van der Waals surface area contributed by atoms with Crippen LogP contribution in [0.25, 0.3) is 22.5 Å². The van der Waals surface area contributed by atoms with Crippen molar-refractivity contribution in [1.82, 2.24) is 15.0 Å². The largest absolute Gasteiger partial charge is 0.339 e. The Labute approximate surface area is 187 Å². The van der Waals surface area contributed by atoms with Gasteiger partial charge in [0, 0.05) is 24.2 Å². The first kappa shape index (κ1) is 20.2. The van der Waals surface area contributed by atoms with Crippen molar-refractivity contribution in [2.24, 2.45) is 0 Å². The molecule has 1 atom stereocenters. The summed E-state index contributed by atoms with van der Waals surface area (Å²) in [5.74, 6) is 1.32. The molecule has 0 radical (unpaired) electrons. The Balaban J connectivity index is 1.29. The summed E-state index contributed by atoms with van der Waals surface area (Å²) in [6, 6.07) is 26.1. The number of carbonyl (C=O) groups is 1. The molecule has 1 aliphatic rings. The highest BCUT2D eigenvalue weighted by Crippen LogP contribution is 2.29. The number of carbonyl (C=O) groups excluding carboxylic acids is 1. The van der Waals surface area contributed by atoms with Gasteiger partial charge in [0.25, 0.3) is 5.91 Å². The molecule has 5 nitrogen and oxygen atoms in total. The van der Waals surface area contributed by atoms with E-state index in [9.17, 15) is 4.79 Å². The van der Waals surface area contributed by atoms with Crippen molar-refractivity contribution in [2.45, 2.75) is 25.7 Å². The van der Waals surface area contributed by atoms with E-state index in [2.05, 4.69) is 22.3 Å². The zero-order valence-corrected chi connectivity index (χ0v) is 18.1. The molecule has 32 heavy (non-hydrogen) atoms. The molecule has 1 fully saturated rings. The fourth-order valence-corrected chi connectivity index (χ4v) is 4.28. The zero-order valence-electron chi connectivity index (χ0n) is 18.1. The second kappa shape index (κ2) is 8.79. The van der Waals surface area contributed by atoms with Crippen LogP contribution in [-0.2, 0) is 0 Å². The van der Waals surface area contributed by atoms with E-state index in [0.29, 0.717) is 23.8 Å². The number of piperidine rings is 1. The second-order valence-corrected chi connectivity index (χ2v) is 8.36. The van der Waals surface area contributed by atoms with Crippen LogP contribution in [0.5, 0.6) is 0 Å². The Morgan fingerprint density at radius 3 is 2.47 bits per heavy atom. The minimum absolute atomic E-state index is 0.0488. The molecule has 0 spiro atoms. The zero-order chi connectivity index (χ0) is 21.9. The molecule has 0 saturated carbocycles. The van der Waals surface area contributed by atoms with Gasteiger partial charge in [-0.2, -0.15) is 4.98 Å². The first-order valence-electron chi connectivity index (χ1n) is 11.0. The number of nitrogens with zero attached hydrogens (tertiary/aromatic N) is 3. The summed E-state index contributed by atoms with van der Waals surface area (Å²) in [4.78, 5) is 19.7. The number of aryl methyl sites for hydroxylation is 1. The molecule has 1 aliphatic heterocycles. The van der Waals surface area contributed by atoms with Gasteiger partial charge in [-0.05, 0) is 49.1 Å². The minimum atomic E-state index is 0.0488. The van der Waals surface area contributed by atoms with Crippen LogP contribution in [0.15, 0.2) is 83.4 Å². The second-order valence-electron chi connectivity index (χ2n) is 8.36. The Hall–Kier alpha value is -3.73. The molecule has 5 heteroatoms. The lowest BCUT2D eigenvalue weighted by Gasteiger charge is -2.31. The topological polar surface area (TPSA) is 59.2 Å². The summed E-state index contributed by atoms with van der Waals surface area (Å²) < 4.78 is 5.60. The van der Waals surface area contributed by atoms with Crippen molar-refractivity contribution in [3.63, 3.8) is 0 Å². The number of rotatable bonds is 4. The summed E-state index contributed by atoms with van der Waals surface area (Å²) in [5, 5.41) is 4.18. The van der Waals surface area contributed by atoms with Gasteiger partial charge in [-0.15, -0.1) is 0 Å². The summed E-state index contributed by atoms with van der Waals surface area (Å²) in [5.41, 5.74) is 5.05. The standard InChI is InChI=1S/C27H25N3O2/c1-19-7-5-10-23(17-19)25-28-26(32-29-25)24-11-6-16-30(18-24)27(31)22-14-12-21(13-15-22)20-8-3-2-4-9-20/h2-5,7-10,12-15,17,24H,6,11,16,18H2,1H3. The molecule has 0 bridgehead atoms. The highest BCUT2D eigenvalue weighted by Gasteiger charge is 2.29. The maximum atomic E-state index is 13.1. The Morgan fingerprint density at radius 1 is 0.938 bits per heavy atom. The minimum Gasteiger partial charge on any atom is -0.339 e. The molecule has 4 aromatic rings. The molecule has 1 saturated heterocycles. The highest BCUT2D eigenvalue weighted by molar-refractivity contribution is 5.94. The van der Waals surface area contributed by atoms with Crippen molar-refractivity contribution in [3.8, 4) is 22.5 Å². The van der Waals surface area contributed by atoms with E-state index < -0.39 is 0 Å². The van der Waals surface area contributed by atoms with Crippen molar-refractivity contribution >= 4 is 5.91 Å². The van der Waals surface area contributed by atoms with E-state index in [0.717, 1.165) is 41.6 Å². The summed E-state index contributed by atoms with van der Waals surface area (Å²) in [7, 11) is 0. The van der Waals surface area contributed by atoms with Gasteiger partial charge in [-0.3, -0.25) is 4.79 Å². The van der Waals surface area contributed by atoms with Crippen molar-refractivity contribution < 1.29 is 9.32 Å². The molecular formula is C27H25N3O2. The number of likely N-dealkylation sites (tertiary alicyclic amines) is 1. The number of amides is 1. The number of hydrogen-bond donors (Lipinski definition) is 0. The smallest absolute Gasteiger partial charge is 0.253 e. The number of benzene rings is 3. The van der Waals surface area contributed by atoms with Crippen LogP contribution >= 0.6 is 0 Å². The van der Waals surface area contributed by atoms with Crippen LogP contribution in [-0.4, -0.2) is 34.0 Å². The Morgan fingerprint density at radius 2 is 1.69 bits per heavy atom.